The topological polar surface area (TPSA) is 63.2 Å². The number of likely N-dealkylation sites (tertiary alicyclic amines) is 1. The lowest BCUT2D eigenvalue weighted by Gasteiger charge is -2.27. The lowest BCUT2D eigenvalue weighted by molar-refractivity contribution is -0.137. The van der Waals surface area contributed by atoms with Crippen molar-refractivity contribution in [1.29, 1.82) is 0 Å². The first-order chi connectivity index (χ1) is 16.2. The minimum Gasteiger partial charge on any atom is -0.381 e. The van der Waals surface area contributed by atoms with E-state index in [0.717, 1.165) is 63.8 Å². The van der Waals surface area contributed by atoms with Crippen LogP contribution >= 0.6 is 0 Å². The lowest BCUT2D eigenvalue weighted by atomic mass is 10.0. The number of pyridine rings is 1. The van der Waals surface area contributed by atoms with E-state index in [-0.39, 0.29) is 23.2 Å². The molecule has 5 rings (SSSR count). The van der Waals surface area contributed by atoms with Crippen LogP contribution in [-0.2, 0) is 10.9 Å². The number of alkyl halides is 3. The van der Waals surface area contributed by atoms with Gasteiger partial charge < -0.3 is 15.0 Å². The quantitative estimate of drug-likeness (QED) is 0.742. The molecule has 172 valence electrons. The molecule has 6 nitrogen and oxygen atoms in total. The zero-order valence-corrected chi connectivity index (χ0v) is 17.7. The summed E-state index contributed by atoms with van der Waals surface area (Å²) in [5.41, 5.74) is -0.758. The molecule has 4 heterocycles. The molecule has 32 heavy (non-hydrogen) atoms. The molecule has 0 amide bonds. The summed E-state index contributed by atoms with van der Waals surface area (Å²) in [6, 6.07) is 4.30. The highest BCUT2D eigenvalue weighted by Crippen LogP contribution is 2.40. The van der Waals surface area contributed by atoms with Gasteiger partial charge in [0.05, 0.1) is 17.9 Å². The van der Waals surface area contributed by atoms with Crippen molar-refractivity contribution < 1.29 is 20.6 Å². The first-order valence-electron chi connectivity index (χ1n) is 12.2. The average Bonchev–Trinajstić information content (AvgIpc) is 3.39. The highest BCUT2D eigenvalue weighted by molar-refractivity contribution is 5.63. The number of aromatic nitrogens is 3. The van der Waals surface area contributed by atoms with Crippen molar-refractivity contribution >= 4 is 5.82 Å². The average molecular weight is 450 g/mol. The molecule has 1 saturated carbocycles. The van der Waals surface area contributed by atoms with E-state index < -0.39 is 18.2 Å². The summed E-state index contributed by atoms with van der Waals surface area (Å²) in [4.78, 5) is 5.80. The summed E-state index contributed by atoms with van der Waals surface area (Å²) in [5, 5.41) is 11.5. The van der Waals surface area contributed by atoms with Gasteiger partial charge in [-0.1, -0.05) is 0 Å². The maximum absolute atomic E-state index is 13.3. The summed E-state index contributed by atoms with van der Waals surface area (Å²) in [5.74, 6) is 1.27. The Balaban J connectivity index is 1.19. The van der Waals surface area contributed by atoms with Crippen molar-refractivity contribution in [3.63, 3.8) is 0 Å². The van der Waals surface area contributed by atoms with Crippen LogP contribution in [0.4, 0.5) is 19.0 Å². The van der Waals surface area contributed by atoms with Gasteiger partial charge in [-0.15, -0.1) is 10.2 Å². The number of hydrogen-bond donors (Lipinski definition) is 1. The van der Waals surface area contributed by atoms with Crippen molar-refractivity contribution in [2.75, 3.05) is 38.1 Å². The van der Waals surface area contributed by atoms with E-state index in [1.54, 1.807) is 6.07 Å². The van der Waals surface area contributed by atoms with E-state index in [9.17, 15) is 13.2 Å². The van der Waals surface area contributed by atoms with Crippen LogP contribution in [0.3, 0.4) is 0 Å². The van der Waals surface area contributed by atoms with Crippen molar-refractivity contribution in [2.45, 2.75) is 37.9 Å². The molecule has 2 aromatic rings. The molecule has 1 aliphatic carbocycles. The van der Waals surface area contributed by atoms with Gasteiger partial charge in [-0.25, -0.2) is 0 Å². The predicted octanol–water partition coefficient (Wildman–Crippen LogP) is 4.11. The Hall–Kier alpha value is -2.26. The fraction of sp³-hybridized carbons (Fsp3) is 0.609. The van der Waals surface area contributed by atoms with Gasteiger partial charge >= 0.3 is 6.18 Å². The van der Waals surface area contributed by atoms with E-state index in [2.05, 4.69) is 20.5 Å². The molecular weight excluding hydrogens is 419 g/mol. The Morgan fingerprint density at radius 2 is 1.97 bits per heavy atom. The zero-order chi connectivity index (χ0) is 23.9. The first kappa shape index (κ1) is 19.2. The first-order valence-corrected chi connectivity index (χ1v) is 11.2. The Kier molecular flexibility index (Phi) is 5.37. The summed E-state index contributed by atoms with van der Waals surface area (Å²) in [6.07, 6.45) is 1.36. The van der Waals surface area contributed by atoms with Crippen molar-refractivity contribution in [2.24, 2.45) is 17.8 Å². The molecule has 2 unspecified atom stereocenters. The number of rotatable bonds is 5. The summed E-state index contributed by atoms with van der Waals surface area (Å²) >= 11 is 0. The zero-order valence-electron chi connectivity index (χ0n) is 19.7. The lowest BCUT2D eigenvalue weighted by Crippen LogP contribution is -2.33. The van der Waals surface area contributed by atoms with Gasteiger partial charge in [-0.05, 0) is 61.6 Å². The monoisotopic (exact) mass is 449 g/mol. The maximum Gasteiger partial charge on any atom is 0.417 e. The van der Waals surface area contributed by atoms with Gasteiger partial charge in [-0.2, -0.15) is 13.2 Å². The minimum atomic E-state index is -4.49. The molecule has 2 aliphatic heterocycles. The third-order valence-corrected chi connectivity index (χ3v) is 6.70. The summed E-state index contributed by atoms with van der Waals surface area (Å²) in [7, 11) is 0. The predicted molar refractivity (Wildman–Crippen MR) is 114 cm³/mol. The van der Waals surface area contributed by atoms with Crippen LogP contribution in [0.5, 0.6) is 0 Å². The highest BCUT2D eigenvalue weighted by Gasteiger charge is 2.41. The van der Waals surface area contributed by atoms with Gasteiger partial charge in [0.25, 0.3) is 0 Å². The molecule has 0 spiro atoms. The van der Waals surface area contributed by atoms with Crippen LogP contribution in [0.25, 0.3) is 11.3 Å². The van der Waals surface area contributed by atoms with Crippen LogP contribution in [0.2, 0.25) is 0 Å². The molecule has 0 aromatic carbocycles. The SMILES string of the molecule is [2H]C([2H])([C@@H]1CCCOC1)N1CC2CC(Nc3ccc(-c4cnccc4C(F)(F)F)nn3)CC2C1. The Labute approximate surface area is 188 Å². The molecule has 2 saturated heterocycles. The largest absolute Gasteiger partial charge is 0.417 e. The van der Waals surface area contributed by atoms with Crippen molar-refractivity contribution in [1.82, 2.24) is 20.1 Å². The summed E-state index contributed by atoms with van der Waals surface area (Å²) in [6.45, 7) is 1.33. The van der Waals surface area contributed by atoms with Crippen LogP contribution < -0.4 is 5.32 Å². The fourth-order valence-electron chi connectivity index (χ4n) is 5.23. The Morgan fingerprint density at radius 3 is 2.62 bits per heavy atom. The minimum absolute atomic E-state index is 0.0829. The molecule has 3 aliphatic rings. The third-order valence-electron chi connectivity index (χ3n) is 6.70. The third kappa shape index (κ3) is 4.73. The van der Waals surface area contributed by atoms with Gasteiger partial charge in [0.1, 0.15) is 5.82 Å². The fourth-order valence-corrected chi connectivity index (χ4v) is 5.23. The number of fused-ring (bicyclic) bond motifs is 1. The number of ether oxygens (including phenoxy) is 1. The van der Waals surface area contributed by atoms with Crippen molar-refractivity contribution in [3.8, 4) is 11.3 Å². The smallest absolute Gasteiger partial charge is 0.381 e. The maximum atomic E-state index is 13.3. The molecule has 9 heteroatoms. The number of halogens is 3. The van der Waals surface area contributed by atoms with E-state index >= 15 is 0 Å². The summed E-state index contributed by atoms with van der Waals surface area (Å²) < 4.78 is 62.7. The molecule has 2 aromatic heterocycles. The van der Waals surface area contributed by atoms with Gasteiger partial charge in [0.15, 0.2) is 0 Å². The molecule has 0 radical (unpaired) electrons. The molecule has 1 N–H and O–H groups in total. The van der Waals surface area contributed by atoms with E-state index in [1.807, 2.05) is 4.90 Å². The number of nitrogens with one attached hydrogen (secondary N) is 1. The highest BCUT2D eigenvalue weighted by atomic mass is 19.4. The van der Waals surface area contributed by atoms with E-state index in [4.69, 9.17) is 7.48 Å². The normalized spacial score (nSPS) is 30.0. The standard InChI is InChI=1S/C23H28F3N5O/c24-23(25,26)20-5-6-27-10-19(20)21-3-4-22(30-29-21)28-18-8-16-12-31(13-17(16)9-18)11-15-2-1-7-32-14-15/h3-6,10,15-18H,1-2,7-9,11-14H2,(H,28,30)/t15-,16?,17?,18?/m0/s1/i11D2. The molecule has 0 bridgehead atoms. The van der Waals surface area contributed by atoms with Gasteiger partial charge in [0.2, 0.25) is 0 Å². The van der Waals surface area contributed by atoms with Gasteiger partial charge in [-0.3, -0.25) is 4.98 Å². The van der Waals surface area contributed by atoms with Crippen LogP contribution in [0.15, 0.2) is 30.6 Å². The van der Waals surface area contributed by atoms with E-state index in [1.165, 1.54) is 6.07 Å². The Bertz CT molecular complexity index is 987. The number of hydrogen-bond acceptors (Lipinski definition) is 6. The van der Waals surface area contributed by atoms with Crippen molar-refractivity contribution in [3.05, 3.63) is 36.2 Å². The van der Waals surface area contributed by atoms with Crippen LogP contribution in [0, 0.1) is 17.8 Å². The number of anilines is 1. The van der Waals surface area contributed by atoms with E-state index in [0.29, 0.717) is 24.3 Å². The molecule has 3 atom stereocenters. The number of nitrogens with zero attached hydrogens (tertiary/aromatic N) is 4. The molecule has 3 fully saturated rings. The second-order valence-corrected chi connectivity index (χ2v) is 9.00. The second-order valence-electron chi connectivity index (χ2n) is 9.00. The van der Waals surface area contributed by atoms with Gasteiger partial charge in [0, 0.05) is 52.9 Å². The second kappa shape index (κ2) is 8.94. The van der Waals surface area contributed by atoms with Crippen LogP contribution in [-0.4, -0.2) is 58.9 Å². The molecular formula is C23H28F3N5O. The van der Waals surface area contributed by atoms with Crippen LogP contribution in [0.1, 0.15) is 34.0 Å². The Morgan fingerprint density at radius 1 is 1.16 bits per heavy atom.